The highest BCUT2D eigenvalue weighted by Crippen LogP contribution is 2.70. The normalized spacial score (nSPS) is 16.6. The molecule has 112 heavy (non-hydrogen) atoms. The molecule has 0 amide bonds. The Balaban J connectivity index is 1.10. The summed E-state index contributed by atoms with van der Waals surface area (Å²) in [6, 6.07) is 92.8. The molecule has 0 unspecified atom stereocenters. The van der Waals surface area contributed by atoms with Crippen molar-refractivity contribution in [3.05, 3.63) is 284 Å². The number of hydrogen-bond acceptors (Lipinski definition) is 0. The lowest BCUT2D eigenvalue weighted by Crippen LogP contribution is -2.51. The van der Waals surface area contributed by atoms with Crippen molar-refractivity contribution in [2.45, 2.75) is 332 Å². The van der Waals surface area contributed by atoms with E-state index in [4.69, 9.17) is 0 Å². The summed E-state index contributed by atoms with van der Waals surface area (Å²) < 4.78 is 0. The van der Waals surface area contributed by atoms with Crippen LogP contribution in [-0.2, 0) is 21.7 Å². The Kier molecular flexibility index (Phi) is 25.7. The first-order valence-corrected chi connectivity index (χ1v) is 51.6. The summed E-state index contributed by atoms with van der Waals surface area (Å²) in [4.78, 5) is 0. The Bertz CT molecular complexity index is 4290. The maximum atomic E-state index is 3.17. The lowest BCUT2D eigenvalue weighted by atomic mass is 9.64. The Morgan fingerprint density at radius 3 is 0.732 bits per heavy atom. The van der Waals surface area contributed by atoms with Gasteiger partial charge in [0.1, 0.15) is 16.1 Å². The van der Waals surface area contributed by atoms with E-state index in [-0.39, 0.29) is 10.8 Å². The van der Waals surface area contributed by atoms with Crippen LogP contribution in [0.5, 0.6) is 0 Å². The van der Waals surface area contributed by atoms with Crippen LogP contribution < -0.4 is 10.4 Å². The van der Waals surface area contributed by atoms with E-state index in [2.05, 4.69) is 262 Å². The summed E-state index contributed by atoms with van der Waals surface area (Å²) in [6.07, 6.45) is 46.0. The number of rotatable bonds is 44. The summed E-state index contributed by atoms with van der Waals surface area (Å²) in [5.41, 5.74) is 30.5. The van der Waals surface area contributed by atoms with Crippen LogP contribution in [0.3, 0.4) is 0 Å². The van der Waals surface area contributed by atoms with Crippen molar-refractivity contribution < 1.29 is 0 Å². The fourth-order valence-corrected chi connectivity index (χ4v) is 36.3. The molecule has 0 saturated carbocycles. The van der Waals surface area contributed by atoms with E-state index in [1.807, 2.05) is 20.8 Å². The van der Waals surface area contributed by atoms with Gasteiger partial charge in [-0.25, -0.2) is 0 Å². The first-order chi connectivity index (χ1) is 55.2. The molecular formula is C110H138Si2. The highest BCUT2D eigenvalue weighted by Gasteiger charge is 2.64. The van der Waals surface area contributed by atoms with E-state index >= 15 is 0 Å². The zero-order chi connectivity index (χ0) is 77.2. The minimum atomic E-state index is -2.85. The van der Waals surface area contributed by atoms with E-state index in [1.54, 1.807) is 66.8 Å². The number of fused-ring (bicyclic) bond motifs is 14. The van der Waals surface area contributed by atoms with Gasteiger partial charge in [-0.05, 0) is 206 Å². The van der Waals surface area contributed by atoms with Gasteiger partial charge in [0.15, 0.2) is 0 Å². The van der Waals surface area contributed by atoms with Crippen LogP contribution >= 0.6 is 0 Å². The molecule has 2 heterocycles. The minimum Gasteiger partial charge on any atom is -0.0654 e. The molecule has 0 aromatic heterocycles. The van der Waals surface area contributed by atoms with Gasteiger partial charge in [0.25, 0.3) is 0 Å². The fraction of sp³-hybridized carbons (Fsp3) is 0.473. The molecule has 2 heteroatoms. The van der Waals surface area contributed by atoms with Crippen molar-refractivity contribution in [3.8, 4) is 22.3 Å². The third-order valence-electron chi connectivity index (χ3n) is 29.6. The van der Waals surface area contributed by atoms with Gasteiger partial charge in [0.2, 0.25) is 0 Å². The van der Waals surface area contributed by atoms with Gasteiger partial charge in [-0.3, -0.25) is 0 Å². The predicted octanol–water partition coefficient (Wildman–Crippen LogP) is 31.4. The third-order valence-corrected chi connectivity index (χ3v) is 40.2. The molecule has 0 atom stereocenters. The molecule has 2 aliphatic heterocycles. The second-order valence-electron chi connectivity index (χ2n) is 36.2. The van der Waals surface area contributed by atoms with Crippen molar-refractivity contribution in [2.75, 3.05) is 0 Å². The van der Waals surface area contributed by atoms with Crippen LogP contribution in [-0.4, -0.2) is 16.1 Å². The molecule has 586 valence electrons. The molecule has 0 N–H and O–H groups in total. The van der Waals surface area contributed by atoms with Crippen molar-refractivity contribution in [2.24, 2.45) is 0 Å². The average Bonchev–Trinajstić information content (AvgIpc) is 1.48. The van der Waals surface area contributed by atoms with Crippen LogP contribution in [0, 0.1) is 0 Å². The molecule has 9 aromatic carbocycles. The van der Waals surface area contributed by atoms with Crippen molar-refractivity contribution in [3.63, 3.8) is 0 Å². The zero-order valence-electron chi connectivity index (χ0n) is 70.9. The van der Waals surface area contributed by atoms with Gasteiger partial charge >= 0.3 is 0 Å². The second-order valence-corrected chi connectivity index (χ2v) is 44.6. The van der Waals surface area contributed by atoms with Gasteiger partial charge in [-0.15, -0.1) is 0 Å². The Hall–Kier alpha value is -7.11. The minimum absolute atomic E-state index is 0.0433. The first kappa shape index (κ1) is 80.1. The third kappa shape index (κ3) is 13.7. The highest BCUT2D eigenvalue weighted by atomic mass is 28.3. The van der Waals surface area contributed by atoms with Crippen molar-refractivity contribution in [1.82, 2.24) is 0 Å². The van der Waals surface area contributed by atoms with Gasteiger partial charge in [-0.2, -0.15) is 0 Å². The molecular weight excluding hydrogens is 1380 g/mol. The summed E-state index contributed by atoms with van der Waals surface area (Å²) in [6.45, 7) is 19.4. The molecule has 9 aromatic rings. The standard InChI is InChI=1S/C110H138Si2/c1-9-17-25-49-69-107(70-50-26-18-10-2)95-67-47-45-65-87(95)89-77-99-91(79-97(89)107)105-103(109(99,83-57-37-33-38-58-83)84-59-39-34-40-60-84)93-81-102-94(82-101(93)111(105,73-53-29-21-13-5)74-54-30-22-14-6)104-106(112(102,75-55-31-23-15-7)76-56-32-24-16-8)92-80-98-90(78-100(92)110(104,85-61-41-35-42-62-85)86-63-43-36-44-64-86)88-66-46-48-68-96(88)108(98,71-51-27-19-11-3)72-52-28-20-12-4/h33-48,57-68,77-82H,9-32,49-56,69-76H2,1-8H3. The van der Waals surface area contributed by atoms with Crippen molar-refractivity contribution in [1.29, 1.82) is 0 Å². The van der Waals surface area contributed by atoms with E-state index in [9.17, 15) is 0 Å². The van der Waals surface area contributed by atoms with Crippen LogP contribution in [0.1, 0.15) is 364 Å². The van der Waals surface area contributed by atoms with Gasteiger partial charge in [-0.1, -0.05) is 443 Å². The lowest BCUT2D eigenvalue weighted by molar-refractivity contribution is 0.401. The summed E-state index contributed by atoms with van der Waals surface area (Å²) in [7, 11) is -5.70. The number of allylic oxidation sites excluding steroid dienone is 2. The van der Waals surface area contributed by atoms with E-state index in [1.165, 1.54) is 300 Å². The van der Waals surface area contributed by atoms with Crippen LogP contribution in [0.2, 0.25) is 24.2 Å². The molecule has 0 bridgehead atoms. The smallest absolute Gasteiger partial charge is 0.0654 e. The second kappa shape index (κ2) is 36.0. The molecule has 0 saturated heterocycles. The van der Waals surface area contributed by atoms with Gasteiger partial charge in [0.05, 0.1) is 10.8 Å². The molecule has 0 fully saturated rings. The van der Waals surface area contributed by atoms with E-state index in [0.29, 0.717) is 0 Å². The molecule has 0 radical (unpaired) electrons. The maximum absolute atomic E-state index is 3.17. The summed E-state index contributed by atoms with van der Waals surface area (Å²) >= 11 is 0. The summed E-state index contributed by atoms with van der Waals surface area (Å²) in [5, 5.41) is 7.34. The van der Waals surface area contributed by atoms with Crippen LogP contribution in [0.15, 0.2) is 206 Å². The number of unbranched alkanes of at least 4 members (excludes halogenated alkanes) is 24. The highest BCUT2D eigenvalue weighted by molar-refractivity contribution is 7.11. The Labute approximate surface area is 682 Å². The topological polar surface area (TPSA) is 0 Å². The van der Waals surface area contributed by atoms with Crippen LogP contribution in [0.25, 0.3) is 43.8 Å². The molecule has 6 aliphatic rings. The van der Waals surface area contributed by atoms with Gasteiger partial charge < -0.3 is 0 Å². The SMILES string of the molecule is CCCCCCC1(CCCCCC)c2ccccc2-c2cc3c(cc21)C1=C(c2cc4c(cc2[Si]1(CCCCCC)CCCCCC)C1=C(c2cc5c(cc2C1(c1ccccc1)c1ccccc1)-c1ccccc1C5(CCCCCC)CCCCCC)[Si]4(CCCCCC)CCCCCC)C3(c1ccccc1)c1ccccc1. The lowest BCUT2D eigenvalue weighted by Gasteiger charge is -2.40. The molecule has 0 nitrogen and oxygen atoms in total. The van der Waals surface area contributed by atoms with Gasteiger partial charge in [0, 0.05) is 10.8 Å². The number of benzene rings is 9. The fourth-order valence-electron chi connectivity index (χ4n) is 24.4. The Morgan fingerprint density at radius 1 is 0.205 bits per heavy atom. The zero-order valence-corrected chi connectivity index (χ0v) is 72.9. The monoisotopic (exact) mass is 1520 g/mol. The van der Waals surface area contributed by atoms with E-state index in [0.717, 1.165) is 0 Å². The van der Waals surface area contributed by atoms with Crippen molar-refractivity contribution >= 4 is 48.1 Å². The van der Waals surface area contributed by atoms with E-state index < -0.39 is 27.0 Å². The largest absolute Gasteiger partial charge is 0.120 e. The maximum Gasteiger partial charge on any atom is 0.120 e. The van der Waals surface area contributed by atoms with Crippen LogP contribution in [0.4, 0.5) is 0 Å². The quantitative estimate of drug-likeness (QED) is 0.0264. The molecule has 4 aliphatic carbocycles. The average molecular weight is 1520 g/mol. The summed E-state index contributed by atoms with van der Waals surface area (Å²) in [5.74, 6) is 0. The Morgan fingerprint density at radius 2 is 0.455 bits per heavy atom. The predicted molar refractivity (Wildman–Crippen MR) is 493 cm³/mol. The molecule has 0 spiro atoms. The number of hydrogen-bond donors (Lipinski definition) is 0. The molecule has 15 rings (SSSR count). The first-order valence-electron chi connectivity index (χ1n) is 46.7.